The zero-order valence-corrected chi connectivity index (χ0v) is 15.1. The Balaban J connectivity index is 1.82. The second-order valence-electron chi connectivity index (χ2n) is 5.61. The molecule has 0 atom stereocenters. The van der Waals surface area contributed by atoms with Gasteiger partial charge in [0.1, 0.15) is 23.1 Å². The van der Waals surface area contributed by atoms with Crippen molar-refractivity contribution in [2.75, 3.05) is 17.6 Å². The summed E-state index contributed by atoms with van der Waals surface area (Å²) in [5.41, 5.74) is 2.78. The second kappa shape index (κ2) is 8.69. The highest BCUT2D eigenvalue weighted by molar-refractivity contribution is 7.99. The van der Waals surface area contributed by atoms with Gasteiger partial charge in [-0.1, -0.05) is 11.9 Å². The van der Waals surface area contributed by atoms with E-state index in [1.807, 2.05) is 42.7 Å². The zero-order valence-electron chi connectivity index (χ0n) is 14.3. The third kappa shape index (κ3) is 4.74. The van der Waals surface area contributed by atoms with E-state index in [0.29, 0.717) is 17.9 Å². The van der Waals surface area contributed by atoms with Gasteiger partial charge in [0, 0.05) is 18.4 Å². The lowest BCUT2D eigenvalue weighted by atomic mass is 10.1. The van der Waals surface area contributed by atoms with E-state index in [-0.39, 0.29) is 12.4 Å². The van der Waals surface area contributed by atoms with E-state index in [9.17, 15) is 9.50 Å². The first-order valence-corrected chi connectivity index (χ1v) is 9.35. The quantitative estimate of drug-likeness (QED) is 0.579. The molecule has 0 saturated heterocycles. The third-order valence-corrected chi connectivity index (χ3v) is 4.10. The summed E-state index contributed by atoms with van der Waals surface area (Å²) in [5.74, 6) is 1.70. The highest BCUT2D eigenvalue weighted by Gasteiger charge is 2.06. The fourth-order valence-electron chi connectivity index (χ4n) is 2.50. The first kappa shape index (κ1) is 18.2. The number of nitrogens with one attached hydrogen (secondary N) is 1. The average Bonchev–Trinajstić information content (AvgIpc) is 2.65. The number of pyridine rings is 1. The Bertz CT molecular complexity index is 830. The molecular weight excluding hydrogens is 351 g/mol. The van der Waals surface area contributed by atoms with E-state index >= 15 is 0 Å². The third-order valence-electron chi connectivity index (χ3n) is 3.69. The van der Waals surface area contributed by atoms with Crippen molar-refractivity contribution in [3.05, 3.63) is 72.0 Å². The molecule has 3 aromatic rings. The van der Waals surface area contributed by atoms with Crippen LogP contribution in [0.15, 0.2) is 60.7 Å². The molecule has 26 heavy (non-hydrogen) atoms. The topological polar surface area (TPSA) is 54.4 Å². The van der Waals surface area contributed by atoms with E-state index in [1.54, 1.807) is 12.1 Å². The van der Waals surface area contributed by atoms with Crippen LogP contribution < -0.4 is 9.46 Å². The van der Waals surface area contributed by atoms with Crippen LogP contribution in [-0.4, -0.2) is 23.0 Å². The van der Waals surface area contributed by atoms with Crippen molar-refractivity contribution in [1.29, 1.82) is 0 Å². The minimum absolute atomic E-state index is 0.0899. The van der Waals surface area contributed by atoms with Crippen molar-refractivity contribution in [1.82, 2.24) is 4.98 Å². The summed E-state index contributed by atoms with van der Waals surface area (Å²) in [6.45, 7) is 0.0899. The lowest BCUT2D eigenvalue weighted by Crippen LogP contribution is -1.97. The number of aromatic nitrogens is 1. The van der Waals surface area contributed by atoms with E-state index in [4.69, 9.17) is 4.74 Å². The number of benzene rings is 2. The molecule has 6 heteroatoms. The number of aliphatic hydroxyl groups excluding tert-OH is 1. The van der Waals surface area contributed by atoms with Gasteiger partial charge in [-0.3, -0.25) is 0 Å². The van der Waals surface area contributed by atoms with Crippen molar-refractivity contribution < 1.29 is 14.2 Å². The molecule has 1 heterocycles. The summed E-state index contributed by atoms with van der Waals surface area (Å²) < 4.78 is 21.8. The number of hydrogen-bond donors (Lipinski definition) is 2. The SMILES string of the molecule is CSNc1cc(CCO)cc(-c2ccc(Oc3ccc(F)cc3)cc2)n1. The van der Waals surface area contributed by atoms with E-state index in [2.05, 4.69) is 9.71 Å². The van der Waals surface area contributed by atoms with Crippen molar-refractivity contribution in [2.45, 2.75) is 6.42 Å². The highest BCUT2D eigenvalue weighted by atomic mass is 32.2. The molecule has 0 aliphatic carbocycles. The van der Waals surface area contributed by atoms with Crippen LogP contribution in [0.1, 0.15) is 5.56 Å². The standard InChI is InChI=1S/C20H19FN2O2S/c1-26-23-20-13-14(10-11-24)12-19(22-20)15-2-6-17(7-3-15)25-18-8-4-16(21)5-9-18/h2-9,12-13,24H,10-11H2,1H3,(H,22,23). The fourth-order valence-corrected chi connectivity index (χ4v) is 2.81. The minimum atomic E-state index is -0.295. The molecule has 0 fully saturated rings. The molecule has 2 N–H and O–H groups in total. The number of rotatable bonds is 7. The summed E-state index contributed by atoms with van der Waals surface area (Å²) in [5, 5.41) is 9.21. The van der Waals surface area contributed by atoms with Gasteiger partial charge in [-0.2, -0.15) is 0 Å². The molecule has 0 bridgehead atoms. The number of nitrogens with zero attached hydrogens (tertiary/aromatic N) is 1. The van der Waals surface area contributed by atoms with Crippen LogP contribution in [0.2, 0.25) is 0 Å². The molecule has 2 aromatic carbocycles. The van der Waals surface area contributed by atoms with E-state index in [1.165, 1.54) is 24.1 Å². The number of hydrogen-bond acceptors (Lipinski definition) is 5. The monoisotopic (exact) mass is 370 g/mol. The zero-order chi connectivity index (χ0) is 18.4. The summed E-state index contributed by atoms with van der Waals surface area (Å²) >= 11 is 1.47. The lowest BCUT2D eigenvalue weighted by Gasteiger charge is -2.10. The molecule has 0 amide bonds. The highest BCUT2D eigenvalue weighted by Crippen LogP contribution is 2.27. The Morgan fingerprint density at radius 1 is 1.04 bits per heavy atom. The van der Waals surface area contributed by atoms with Crippen molar-refractivity contribution >= 4 is 17.8 Å². The van der Waals surface area contributed by atoms with Gasteiger partial charge in [0.2, 0.25) is 0 Å². The summed E-state index contributed by atoms with van der Waals surface area (Å²) in [7, 11) is 0. The van der Waals surface area contributed by atoms with Crippen LogP contribution in [0.4, 0.5) is 10.2 Å². The van der Waals surface area contributed by atoms with Crippen molar-refractivity contribution in [3.8, 4) is 22.8 Å². The maximum Gasteiger partial charge on any atom is 0.136 e. The molecule has 4 nitrogen and oxygen atoms in total. The molecular formula is C20H19FN2O2S. The van der Waals surface area contributed by atoms with Gasteiger partial charge < -0.3 is 14.6 Å². The van der Waals surface area contributed by atoms with Gasteiger partial charge in [0.15, 0.2) is 0 Å². The van der Waals surface area contributed by atoms with Crippen LogP contribution in [0, 0.1) is 5.82 Å². The summed E-state index contributed by atoms with van der Waals surface area (Å²) in [6.07, 6.45) is 2.51. The van der Waals surface area contributed by atoms with Gasteiger partial charge in [0.05, 0.1) is 5.69 Å². The molecule has 3 rings (SSSR count). The van der Waals surface area contributed by atoms with Crippen LogP contribution in [-0.2, 0) is 6.42 Å². The predicted molar refractivity (Wildman–Crippen MR) is 104 cm³/mol. The first-order chi connectivity index (χ1) is 12.7. The lowest BCUT2D eigenvalue weighted by molar-refractivity contribution is 0.299. The van der Waals surface area contributed by atoms with Gasteiger partial charge >= 0.3 is 0 Å². The first-order valence-electron chi connectivity index (χ1n) is 8.12. The molecule has 0 spiro atoms. The molecule has 0 saturated carbocycles. The van der Waals surface area contributed by atoms with Crippen LogP contribution in [0.3, 0.4) is 0 Å². The number of aliphatic hydroxyl groups is 1. The van der Waals surface area contributed by atoms with Crippen LogP contribution in [0.5, 0.6) is 11.5 Å². The summed E-state index contributed by atoms with van der Waals surface area (Å²) in [6, 6.07) is 17.3. The number of anilines is 1. The molecule has 0 unspecified atom stereocenters. The van der Waals surface area contributed by atoms with E-state index in [0.717, 1.165) is 22.6 Å². The Morgan fingerprint density at radius 2 is 1.69 bits per heavy atom. The van der Waals surface area contributed by atoms with E-state index < -0.39 is 0 Å². The van der Waals surface area contributed by atoms with Gasteiger partial charge in [0.25, 0.3) is 0 Å². The minimum Gasteiger partial charge on any atom is -0.457 e. The molecule has 134 valence electrons. The number of ether oxygens (including phenoxy) is 1. The maximum absolute atomic E-state index is 13.0. The molecule has 1 aromatic heterocycles. The van der Waals surface area contributed by atoms with Gasteiger partial charge in [-0.15, -0.1) is 0 Å². The molecule has 0 radical (unpaired) electrons. The Morgan fingerprint density at radius 3 is 2.31 bits per heavy atom. The Kier molecular flexibility index (Phi) is 6.09. The average molecular weight is 370 g/mol. The van der Waals surface area contributed by atoms with Crippen molar-refractivity contribution in [2.24, 2.45) is 0 Å². The molecule has 0 aliphatic heterocycles. The molecule has 0 aliphatic rings. The predicted octanol–water partition coefficient (Wildman–Crippen LogP) is 4.90. The normalized spacial score (nSPS) is 10.6. The summed E-state index contributed by atoms with van der Waals surface area (Å²) in [4.78, 5) is 4.60. The van der Waals surface area contributed by atoms with Gasteiger partial charge in [-0.25, -0.2) is 9.37 Å². The Labute approximate surface area is 156 Å². The van der Waals surface area contributed by atoms with Crippen LogP contribution in [0.25, 0.3) is 11.3 Å². The smallest absolute Gasteiger partial charge is 0.136 e. The fraction of sp³-hybridized carbons (Fsp3) is 0.150. The van der Waals surface area contributed by atoms with Crippen LogP contribution >= 0.6 is 11.9 Å². The Hall–Kier alpha value is -2.57. The largest absolute Gasteiger partial charge is 0.457 e. The second-order valence-corrected chi connectivity index (χ2v) is 6.22. The van der Waals surface area contributed by atoms with Gasteiger partial charge in [-0.05, 0) is 72.6 Å². The number of halogens is 1. The van der Waals surface area contributed by atoms with Crippen molar-refractivity contribution in [3.63, 3.8) is 0 Å². The maximum atomic E-state index is 13.0.